The maximum atomic E-state index is 13.5. The Balaban J connectivity index is 2.17. The fraction of sp³-hybridized carbons (Fsp3) is 0.345. The summed E-state index contributed by atoms with van der Waals surface area (Å²) in [7, 11) is 0. The summed E-state index contributed by atoms with van der Waals surface area (Å²) in [5, 5.41) is 10.6. The molecule has 1 aliphatic rings. The van der Waals surface area contributed by atoms with Crippen LogP contribution in [0.5, 0.6) is 0 Å². The number of aryl methyl sites for hydroxylation is 3. The molecule has 34 heavy (non-hydrogen) atoms. The van der Waals surface area contributed by atoms with Crippen molar-refractivity contribution in [1.29, 1.82) is 0 Å². The molecule has 0 fully saturated rings. The molecule has 5 nitrogen and oxygen atoms in total. The van der Waals surface area contributed by atoms with Crippen molar-refractivity contribution in [3.8, 4) is 0 Å². The van der Waals surface area contributed by atoms with E-state index in [1.54, 1.807) is 0 Å². The maximum absolute atomic E-state index is 13.5. The third-order valence-corrected chi connectivity index (χ3v) is 6.31. The summed E-state index contributed by atoms with van der Waals surface area (Å²) < 4.78 is 6.53. The van der Waals surface area contributed by atoms with E-state index in [1.165, 1.54) is 0 Å². The minimum absolute atomic E-state index is 0.302. The van der Waals surface area contributed by atoms with Crippen LogP contribution in [0.25, 0.3) is 0 Å². The Morgan fingerprint density at radius 2 is 1.15 bits per heavy atom. The van der Waals surface area contributed by atoms with Gasteiger partial charge in [-0.15, -0.1) is 0 Å². The number of anilines is 3. The first-order valence-electron chi connectivity index (χ1n) is 12.2. The molecule has 0 amide bonds. The molecule has 0 saturated carbocycles. The molecule has 0 spiro atoms. The number of benzene rings is 3. The highest BCUT2D eigenvalue weighted by atomic mass is 16.6. The van der Waals surface area contributed by atoms with Crippen molar-refractivity contribution < 1.29 is 9.53 Å². The van der Waals surface area contributed by atoms with E-state index in [1.807, 2.05) is 13.0 Å². The van der Waals surface area contributed by atoms with Crippen molar-refractivity contribution in [1.82, 2.24) is 0 Å². The predicted octanol–water partition coefficient (Wildman–Crippen LogP) is 6.37. The van der Waals surface area contributed by atoms with Crippen molar-refractivity contribution in [3.05, 3.63) is 87.5 Å². The molecular formula is C29H35N3O2. The van der Waals surface area contributed by atoms with Crippen LogP contribution in [0, 0.1) is 20.8 Å². The molecule has 4 rings (SSSR count). The van der Waals surface area contributed by atoms with Crippen LogP contribution in [-0.2, 0) is 10.3 Å². The van der Waals surface area contributed by atoms with E-state index in [-0.39, 0.29) is 5.97 Å². The van der Waals surface area contributed by atoms with Crippen LogP contribution < -0.4 is 16.0 Å². The number of nitrogens with one attached hydrogen (secondary N) is 3. The average molecular weight is 458 g/mol. The van der Waals surface area contributed by atoms with Crippen molar-refractivity contribution in [2.75, 3.05) is 35.6 Å². The van der Waals surface area contributed by atoms with Gasteiger partial charge in [0.1, 0.15) is 0 Å². The lowest BCUT2D eigenvalue weighted by Gasteiger charge is -2.35. The van der Waals surface area contributed by atoms with Crippen LogP contribution in [0.1, 0.15) is 64.5 Å². The van der Waals surface area contributed by atoms with Gasteiger partial charge in [0.15, 0.2) is 5.60 Å². The fourth-order valence-corrected chi connectivity index (χ4v) is 5.03. The van der Waals surface area contributed by atoms with Crippen molar-refractivity contribution >= 4 is 23.0 Å². The molecule has 1 aliphatic heterocycles. The summed E-state index contributed by atoms with van der Waals surface area (Å²) in [6.45, 7) is 14.7. The minimum Gasteiger partial charge on any atom is -0.440 e. The molecule has 0 bridgehead atoms. The number of carbonyl (C=O) groups excluding carboxylic acids is 1. The number of ether oxygens (including phenoxy) is 1. The summed E-state index contributed by atoms with van der Waals surface area (Å²) >= 11 is 0. The Morgan fingerprint density at radius 3 is 1.65 bits per heavy atom. The molecule has 3 aromatic rings. The summed E-state index contributed by atoms with van der Waals surface area (Å²) in [6.07, 6.45) is 0. The fourth-order valence-electron chi connectivity index (χ4n) is 5.03. The third-order valence-electron chi connectivity index (χ3n) is 6.31. The highest BCUT2D eigenvalue weighted by Crippen LogP contribution is 2.54. The molecule has 0 unspecified atom stereocenters. The lowest BCUT2D eigenvalue weighted by molar-refractivity contribution is 0.0257. The quantitative estimate of drug-likeness (QED) is 0.343. The van der Waals surface area contributed by atoms with E-state index in [0.29, 0.717) is 5.56 Å². The van der Waals surface area contributed by atoms with Crippen LogP contribution in [0.2, 0.25) is 0 Å². The molecule has 3 aromatic carbocycles. The highest BCUT2D eigenvalue weighted by Gasteiger charge is 2.52. The Kier molecular flexibility index (Phi) is 6.56. The van der Waals surface area contributed by atoms with Gasteiger partial charge in [0.05, 0.1) is 5.56 Å². The lowest BCUT2D eigenvalue weighted by Crippen LogP contribution is -2.32. The van der Waals surface area contributed by atoms with Gasteiger partial charge in [-0.05, 0) is 82.5 Å². The minimum atomic E-state index is -1.10. The van der Waals surface area contributed by atoms with E-state index < -0.39 is 5.60 Å². The van der Waals surface area contributed by atoms with E-state index in [0.717, 1.165) is 70.1 Å². The van der Waals surface area contributed by atoms with Gasteiger partial charge < -0.3 is 20.7 Å². The summed E-state index contributed by atoms with van der Waals surface area (Å²) in [5.74, 6) is -0.302. The zero-order chi connectivity index (χ0) is 24.5. The first-order valence-corrected chi connectivity index (χ1v) is 12.2. The zero-order valence-electron chi connectivity index (χ0n) is 21.1. The van der Waals surface area contributed by atoms with Gasteiger partial charge in [-0.3, -0.25) is 0 Å². The molecule has 178 valence electrons. The molecule has 0 radical (unpaired) electrons. The van der Waals surface area contributed by atoms with Crippen molar-refractivity contribution in [2.24, 2.45) is 0 Å². The number of cyclic esters (lactones) is 1. The molecule has 3 N–H and O–H groups in total. The van der Waals surface area contributed by atoms with E-state index in [2.05, 4.69) is 93.0 Å². The maximum Gasteiger partial charge on any atom is 0.340 e. The Bertz CT molecular complexity index is 1180. The topological polar surface area (TPSA) is 62.4 Å². The number of esters is 1. The van der Waals surface area contributed by atoms with Crippen molar-refractivity contribution in [2.45, 2.75) is 47.1 Å². The summed E-state index contributed by atoms with van der Waals surface area (Å²) in [5.41, 5.74) is 8.41. The molecule has 0 aromatic heterocycles. The van der Waals surface area contributed by atoms with Crippen LogP contribution in [-0.4, -0.2) is 25.6 Å². The van der Waals surface area contributed by atoms with Gasteiger partial charge in [-0.1, -0.05) is 24.3 Å². The predicted molar refractivity (Wildman–Crippen MR) is 141 cm³/mol. The smallest absolute Gasteiger partial charge is 0.340 e. The monoisotopic (exact) mass is 457 g/mol. The molecule has 5 heteroatoms. The number of hydrogen-bond donors (Lipinski definition) is 3. The summed E-state index contributed by atoms with van der Waals surface area (Å²) in [6, 6.07) is 16.7. The number of carbonyl (C=O) groups is 1. The van der Waals surface area contributed by atoms with Crippen LogP contribution in [0.15, 0.2) is 48.5 Å². The largest absolute Gasteiger partial charge is 0.440 e. The Labute approximate surface area is 202 Å². The zero-order valence-corrected chi connectivity index (χ0v) is 21.1. The average Bonchev–Trinajstić information content (AvgIpc) is 3.07. The van der Waals surface area contributed by atoms with Crippen LogP contribution in [0.3, 0.4) is 0 Å². The van der Waals surface area contributed by atoms with Gasteiger partial charge in [0.25, 0.3) is 0 Å². The van der Waals surface area contributed by atoms with Gasteiger partial charge in [0, 0.05) is 53.4 Å². The second-order valence-electron chi connectivity index (χ2n) is 8.99. The standard InChI is InChI=1S/C29H35N3O2/c1-7-30-24-15-18(4)10-12-22(24)29(23-13-11-19(5)16-25(23)31-8-2)27-21(28(33)34-29)14-20(6)17-26(27)32-9-3/h10-17,30-32H,7-9H2,1-6H3. The molecule has 0 atom stereocenters. The van der Waals surface area contributed by atoms with Gasteiger partial charge in [0.2, 0.25) is 0 Å². The number of fused-ring (bicyclic) bond motifs is 1. The second-order valence-corrected chi connectivity index (χ2v) is 8.99. The molecule has 0 saturated heterocycles. The third kappa shape index (κ3) is 3.89. The van der Waals surface area contributed by atoms with Gasteiger partial charge in [-0.25, -0.2) is 4.79 Å². The van der Waals surface area contributed by atoms with E-state index in [4.69, 9.17) is 4.74 Å². The first-order chi connectivity index (χ1) is 16.3. The van der Waals surface area contributed by atoms with Gasteiger partial charge in [-0.2, -0.15) is 0 Å². The van der Waals surface area contributed by atoms with Crippen molar-refractivity contribution in [3.63, 3.8) is 0 Å². The molecular weight excluding hydrogens is 422 g/mol. The SMILES string of the molecule is CCNc1cc(C)ccc1C1(c2ccc(C)cc2NCC)OC(=O)c2cc(C)cc(NCC)c21. The lowest BCUT2D eigenvalue weighted by atomic mass is 9.76. The first kappa shape index (κ1) is 23.7. The number of rotatable bonds is 8. The highest BCUT2D eigenvalue weighted by molar-refractivity contribution is 6.00. The molecule has 1 heterocycles. The summed E-state index contributed by atoms with van der Waals surface area (Å²) in [4.78, 5) is 13.5. The van der Waals surface area contributed by atoms with Crippen LogP contribution >= 0.6 is 0 Å². The molecule has 0 aliphatic carbocycles. The second kappa shape index (κ2) is 9.41. The van der Waals surface area contributed by atoms with E-state index >= 15 is 0 Å². The Morgan fingerprint density at radius 1 is 0.676 bits per heavy atom. The normalized spacial score (nSPS) is 13.9. The van der Waals surface area contributed by atoms with E-state index in [9.17, 15) is 4.79 Å². The number of hydrogen-bond acceptors (Lipinski definition) is 5. The Hall–Kier alpha value is -3.47. The van der Waals surface area contributed by atoms with Gasteiger partial charge >= 0.3 is 5.97 Å². The van der Waals surface area contributed by atoms with Crippen LogP contribution in [0.4, 0.5) is 17.1 Å².